The number of fused-ring (bicyclic) bond motifs is 1. The van der Waals surface area contributed by atoms with E-state index in [1.54, 1.807) is 18.3 Å². The van der Waals surface area contributed by atoms with Crippen LogP contribution >= 0.6 is 0 Å². The van der Waals surface area contributed by atoms with Crippen molar-refractivity contribution < 1.29 is 9.90 Å². The van der Waals surface area contributed by atoms with E-state index in [1.165, 1.54) is 11.1 Å². The van der Waals surface area contributed by atoms with E-state index in [-0.39, 0.29) is 12.5 Å². The van der Waals surface area contributed by atoms with Crippen LogP contribution in [0.15, 0.2) is 42.6 Å². The molecule has 30 heavy (non-hydrogen) atoms. The number of likely N-dealkylation sites (N-methyl/N-ethyl adjacent to an activating group) is 1. The lowest BCUT2D eigenvalue weighted by Gasteiger charge is -2.30. The molecule has 2 atom stereocenters. The maximum atomic E-state index is 12.5. The van der Waals surface area contributed by atoms with Gasteiger partial charge in [0.15, 0.2) is 0 Å². The summed E-state index contributed by atoms with van der Waals surface area (Å²) < 4.78 is 0. The van der Waals surface area contributed by atoms with Crippen molar-refractivity contribution in [3.63, 3.8) is 0 Å². The van der Waals surface area contributed by atoms with E-state index in [4.69, 9.17) is 0 Å². The van der Waals surface area contributed by atoms with E-state index >= 15 is 0 Å². The predicted octanol–water partition coefficient (Wildman–Crippen LogP) is 1.35. The molecule has 1 aromatic carbocycles. The number of β-amino-alcohol motifs (C(OH)–C–C–N with tert-alkyl or cyclic N) is 1. The number of anilines is 1. The van der Waals surface area contributed by atoms with E-state index in [0.29, 0.717) is 18.2 Å². The summed E-state index contributed by atoms with van der Waals surface area (Å²) in [6.07, 6.45) is 3.12. The SMILES string of the molecule is CN1CCC(Nc2cc(C(=O)NCC(O)CN3CCc4ccccc4C3)ccn2)C1. The highest BCUT2D eigenvalue weighted by atomic mass is 16.3. The molecular formula is C23H31N5O2. The van der Waals surface area contributed by atoms with Crippen LogP contribution in [0, 0.1) is 0 Å². The minimum atomic E-state index is -0.604. The van der Waals surface area contributed by atoms with Gasteiger partial charge in [0.05, 0.1) is 6.10 Å². The number of aromatic nitrogens is 1. The molecule has 2 aliphatic rings. The molecule has 0 spiro atoms. The number of amides is 1. The van der Waals surface area contributed by atoms with E-state index in [9.17, 15) is 9.90 Å². The Bertz CT molecular complexity index is 874. The number of rotatable bonds is 7. The van der Waals surface area contributed by atoms with Gasteiger partial charge in [0.2, 0.25) is 0 Å². The molecule has 0 bridgehead atoms. The standard InChI is InChI=1S/C23H31N5O2/c1-27-10-8-20(15-27)26-22-12-18(6-9-24-22)23(30)25-13-21(29)16-28-11-7-17-4-2-3-5-19(17)14-28/h2-6,9,12,20-21,29H,7-8,10-11,13-16H2,1H3,(H,24,26)(H,25,30). The quantitative estimate of drug-likeness (QED) is 0.641. The lowest BCUT2D eigenvalue weighted by atomic mass is 10.00. The second kappa shape index (κ2) is 9.55. The van der Waals surface area contributed by atoms with Crippen molar-refractivity contribution in [2.45, 2.75) is 31.5 Å². The second-order valence-electron chi connectivity index (χ2n) is 8.44. The van der Waals surface area contributed by atoms with Gasteiger partial charge in [0.1, 0.15) is 5.82 Å². The van der Waals surface area contributed by atoms with Gasteiger partial charge < -0.3 is 20.6 Å². The van der Waals surface area contributed by atoms with Crippen LogP contribution in [0.25, 0.3) is 0 Å². The van der Waals surface area contributed by atoms with Crippen LogP contribution < -0.4 is 10.6 Å². The van der Waals surface area contributed by atoms with Gasteiger partial charge in [-0.3, -0.25) is 9.69 Å². The van der Waals surface area contributed by atoms with Crippen LogP contribution in [0.5, 0.6) is 0 Å². The maximum Gasteiger partial charge on any atom is 0.251 e. The van der Waals surface area contributed by atoms with Crippen LogP contribution in [0.2, 0.25) is 0 Å². The molecule has 7 heteroatoms. The summed E-state index contributed by atoms with van der Waals surface area (Å²) in [6, 6.07) is 12.3. The summed E-state index contributed by atoms with van der Waals surface area (Å²) in [5.74, 6) is 0.530. The van der Waals surface area contributed by atoms with Gasteiger partial charge in [-0.25, -0.2) is 4.98 Å². The molecule has 2 unspecified atom stereocenters. The average Bonchev–Trinajstić information content (AvgIpc) is 3.16. The molecule has 2 aliphatic heterocycles. The molecule has 1 fully saturated rings. The van der Waals surface area contributed by atoms with Gasteiger partial charge >= 0.3 is 0 Å². The highest BCUT2D eigenvalue weighted by molar-refractivity contribution is 5.94. The summed E-state index contributed by atoms with van der Waals surface area (Å²) in [7, 11) is 2.10. The van der Waals surface area contributed by atoms with Crippen molar-refractivity contribution in [1.82, 2.24) is 20.1 Å². The largest absolute Gasteiger partial charge is 0.390 e. The molecule has 1 aromatic heterocycles. The first-order valence-corrected chi connectivity index (χ1v) is 10.7. The molecule has 4 rings (SSSR count). The average molecular weight is 410 g/mol. The monoisotopic (exact) mass is 409 g/mol. The number of aliphatic hydroxyl groups is 1. The summed E-state index contributed by atoms with van der Waals surface area (Å²) in [6.45, 7) is 4.60. The Morgan fingerprint density at radius 1 is 1.27 bits per heavy atom. The van der Waals surface area contributed by atoms with Crippen molar-refractivity contribution in [2.75, 3.05) is 45.1 Å². The highest BCUT2D eigenvalue weighted by Gasteiger charge is 2.21. The third-order valence-corrected chi connectivity index (χ3v) is 5.94. The molecule has 1 amide bonds. The first-order valence-electron chi connectivity index (χ1n) is 10.7. The molecule has 3 N–H and O–H groups in total. The smallest absolute Gasteiger partial charge is 0.251 e. The molecule has 0 saturated carbocycles. The van der Waals surface area contributed by atoms with E-state index in [1.807, 2.05) is 0 Å². The first kappa shape index (κ1) is 20.8. The number of benzene rings is 1. The van der Waals surface area contributed by atoms with Crippen LogP contribution in [0.1, 0.15) is 27.9 Å². The fourth-order valence-electron chi connectivity index (χ4n) is 4.30. The van der Waals surface area contributed by atoms with Crippen molar-refractivity contribution in [2.24, 2.45) is 0 Å². The van der Waals surface area contributed by atoms with Crippen LogP contribution in [-0.4, -0.2) is 77.7 Å². The van der Waals surface area contributed by atoms with Crippen molar-refractivity contribution in [3.8, 4) is 0 Å². The minimum Gasteiger partial charge on any atom is -0.390 e. The van der Waals surface area contributed by atoms with E-state index < -0.39 is 6.10 Å². The van der Waals surface area contributed by atoms with E-state index in [2.05, 4.69) is 56.7 Å². The number of nitrogens with one attached hydrogen (secondary N) is 2. The molecule has 0 radical (unpaired) electrons. The minimum absolute atomic E-state index is 0.188. The summed E-state index contributed by atoms with van der Waals surface area (Å²) in [5, 5.41) is 16.7. The molecule has 2 aromatic rings. The third-order valence-electron chi connectivity index (χ3n) is 5.94. The Morgan fingerprint density at radius 2 is 2.10 bits per heavy atom. The zero-order valence-corrected chi connectivity index (χ0v) is 17.6. The Hall–Kier alpha value is -2.48. The topological polar surface area (TPSA) is 80.7 Å². The maximum absolute atomic E-state index is 12.5. The Kier molecular flexibility index (Phi) is 6.62. The zero-order valence-electron chi connectivity index (χ0n) is 17.6. The van der Waals surface area contributed by atoms with Crippen molar-refractivity contribution >= 4 is 11.7 Å². The Labute approximate surface area is 178 Å². The lowest BCUT2D eigenvalue weighted by Crippen LogP contribution is -2.42. The summed E-state index contributed by atoms with van der Waals surface area (Å²) in [5.41, 5.74) is 3.27. The van der Waals surface area contributed by atoms with Gasteiger partial charge in [-0.1, -0.05) is 24.3 Å². The van der Waals surface area contributed by atoms with Gasteiger partial charge in [-0.15, -0.1) is 0 Å². The molecule has 7 nitrogen and oxygen atoms in total. The Balaban J connectivity index is 1.25. The van der Waals surface area contributed by atoms with Crippen LogP contribution in [0.3, 0.4) is 0 Å². The fraction of sp³-hybridized carbons (Fsp3) is 0.478. The summed E-state index contributed by atoms with van der Waals surface area (Å²) >= 11 is 0. The fourth-order valence-corrected chi connectivity index (χ4v) is 4.30. The number of carbonyl (C=O) groups is 1. The Morgan fingerprint density at radius 3 is 2.90 bits per heavy atom. The second-order valence-corrected chi connectivity index (χ2v) is 8.44. The number of carbonyl (C=O) groups excluding carboxylic acids is 1. The zero-order chi connectivity index (χ0) is 20.9. The number of nitrogens with zero attached hydrogens (tertiary/aromatic N) is 3. The molecular weight excluding hydrogens is 378 g/mol. The third kappa shape index (κ3) is 5.36. The molecule has 3 heterocycles. The lowest BCUT2D eigenvalue weighted by molar-refractivity contribution is 0.0842. The predicted molar refractivity (Wildman–Crippen MR) is 118 cm³/mol. The van der Waals surface area contributed by atoms with Crippen LogP contribution in [0.4, 0.5) is 5.82 Å². The summed E-state index contributed by atoms with van der Waals surface area (Å²) in [4.78, 5) is 21.4. The number of pyridine rings is 1. The van der Waals surface area contributed by atoms with E-state index in [0.717, 1.165) is 44.8 Å². The highest BCUT2D eigenvalue weighted by Crippen LogP contribution is 2.18. The van der Waals surface area contributed by atoms with Crippen molar-refractivity contribution in [3.05, 3.63) is 59.3 Å². The van der Waals surface area contributed by atoms with Gasteiger partial charge in [-0.2, -0.15) is 0 Å². The molecule has 160 valence electrons. The number of hydrogen-bond acceptors (Lipinski definition) is 6. The van der Waals surface area contributed by atoms with Gasteiger partial charge in [0, 0.05) is 50.5 Å². The number of hydrogen-bond donors (Lipinski definition) is 3. The molecule has 0 aliphatic carbocycles. The first-order chi connectivity index (χ1) is 14.6. The number of likely N-dealkylation sites (tertiary alicyclic amines) is 1. The number of aliphatic hydroxyl groups excluding tert-OH is 1. The van der Waals surface area contributed by atoms with Crippen LogP contribution in [-0.2, 0) is 13.0 Å². The van der Waals surface area contributed by atoms with Gasteiger partial charge in [0.25, 0.3) is 5.91 Å². The molecule has 1 saturated heterocycles. The van der Waals surface area contributed by atoms with Gasteiger partial charge in [-0.05, 0) is 49.7 Å². The normalized spacial score (nSPS) is 20.5. The van der Waals surface area contributed by atoms with Crippen molar-refractivity contribution in [1.29, 1.82) is 0 Å².